The number of hydrogen-bond donors (Lipinski definition) is 1. The van der Waals surface area contributed by atoms with Crippen molar-refractivity contribution in [1.29, 1.82) is 0 Å². The summed E-state index contributed by atoms with van der Waals surface area (Å²) in [6, 6.07) is 25.5. The largest absolute Gasteiger partial charge is 0.493 e. The van der Waals surface area contributed by atoms with Gasteiger partial charge in [-0.3, -0.25) is 4.79 Å². The molecule has 156 valence electrons. The molecule has 0 radical (unpaired) electrons. The molecule has 6 heteroatoms. The number of methoxy groups -OCH3 is 2. The fourth-order valence-corrected chi connectivity index (χ4v) is 4.30. The van der Waals surface area contributed by atoms with Crippen molar-refractivity contribution in [2.24, 2.45) is 0 Å². The van der Waals surface area contributed by atoms with Crippen LogP contribution in [0.1, 0.15) is 5.56 Å². The number of hydrogen-bond acceptors (Lipinski definition) is 5. The van der Waals surface area contributed by atoms with Crippen LogP contribution in [-0.4, -0.2) is 25.1 Å². The maximum absolute atomic E-state index is 12.7. The third-order valence-corrected chi connectivity index (χ3v) is 5.79. The summed E-state index contributed by atoms with van der Waals surface area (Å²) in [6.45, 7) is 0. The van der Waals surface area contributed by atoms with Gasteiger partial charge in [0, 0.05) is 5.56 Å². The zero-order valence-corrected chi connectivity index (χ0v) is 18.1. The highest BCUT2D eigenvalue weighted by molar-refractivity contribution is 7.19. The molecule has 0 fully saturated rings. The Bertz CT molecular complexity index is 1120. The van der Waals surface area contributed by atoms with Crippen molar-refractivity contribution >= 4 is 22.4 Å². The van der Waals surface area contributed by atoms with E-state index in [1.165, 1.54) is 11.3 Å². The molecule has 4 aromatic rings. The Morgan fingerprint density at radius 3 is 2.16 bits per heavy atom. The van der Waals surface area contributed by atoms with Crippen molar-refractivity contribution in [1.82, 2.24) is 4.98 Å². The van der Waals surface area contributed by atoms with Gasteiger partial charge in [-0.25, -0.2) is 4.98 Å². The summed E-state index contributed by atoms with van der Waals surface area (Å²) < 4.78 is 10.6. The first kappa shape index (κ1) is 20.6. The first-order valence-electron chi connectivity index (χ1n) is 9.80. The summed E-state index contributed by atoms with van der Waals surface area (Å²) in [5, 5.41) is 3.53. The van der Waals surface area contributed by atoms with Crippen LogP contribution in [0.4, 0.5) is 5.13 Å². The molecule has 1 amide bonds. The van der Waals surface area contributed by atoms with Crippen molar-refractivity contribution < 1.29 is 14.3 Å². The highest BCUT2D eigenvalue weighted by Crippen LogP contribution is 2.39. The van der Waals surface area contributed by atoms with Crippen LogP contribution in [0, 0.1) is 0 Å². The number of amides is 1. The van der Waals surface area contributed by atoms with Gasteiger partial charge in [0.15, 0.2) is 16.6 Å². The molecule has 1 aromatic heterocycles. The van der Waals surface area contributed by atoms with E-state index >= 15 is 0 Å². The van der Waals surface area contributed by atoms with Gasteiger partial charge >= 0.3 is 0 Å². The van der Waals surface area contributed by atoms with E-state index in [2.05, 4.69) is 17.4 Å². The average molecular weight is 431 g/mol. The van der Waals surface area contributed by atoms with Gasteiger partial charge in [-0.15, -0.1) is 0 Å². The predicted octanol–water partition coefficient (Wildman–Crippen LogP) is 5.68. The number of anilines is 1. The minimum atomic E-state index is -0.139. The van der Waals surface area contributed by atoms with Gasteiger partial charge in [0.25, 0.3) is 0 Å². The molecule has 0 spiro atoms. The molecule has 0 unspecified atom stereocenters. The Hall–Kier alpha value is -3.64. The van der Waals surface area contributed by atoms with Gasteiger partial charge in [0.2, 0.25) is 5.91 Å². The summed E-state index contributed by atoms with van der Waals surface area (Å²) in [4.78, 5) is 18.5. The lowest BCUT2D eigenvalue weighted by Gasteiger charge is -2.09. The Morgan fingerprint density at radius 1 is 0.871 bits per heavy atom. The van der Waals surface area contributed by atoms with E-state index in [1.54, 1.807) is 20.3 Å². The molecule has 1 N–H and O–H groups in total. The summed E-state index contributed by atoms with van der Waals surface area (Å²) in [5.74, 6) is 1.09. The van der Waals surface area contributed by atoms with Crippen molar-refractivity contribution in [2.45, 2.75) is 6.42 Å². The van der Waals surface area contributed by atoms with Crippen LogP contribution in [0.5, 0.6) is 11.5 Å². The van der Waals surface area contributed by atoms with Crippen molar-refractivity contribution in [3.63, 3.8) is 0 Å². The highest BCUT2D eigenvalue weighted by Gasteiger charge is 2.17. The SMILES string of the molecule is COc1ccc(CC(=O)Nc2nc(-c3ccccc3)c(-c3ccccc3)s2)cc1OC. The quantitative estimate of drug-likeness (QED) is 0.410. The molecule has 0 atom stereocenters. The van der Waals surface area contributed by atoms with E-state index in [9.17, 15) is 4.79 Å². The lowest BCUT2D eigenvalue weighted by atomic mass is 10.1. The topological polar surface area (TPSA) is 60.5 Å². The van der Waals surface area contributed by atoms with E-state index in [4.69, 9.17) is 14.5 Å². The summed E-state index contributed by atoms with van der Waals surface area (Å²) in [5.41, 5.74) is 3.77. The van der Waals surface area contributed by atoms with Crippen molar-refractivity contribution in [2.75, 3.05) is 19.5 Å². The van der Waals surface area contributed by atoms with Crippen LogP contribution in [0.3, 0.4) is 0 Å². The second-order valence-corrected chi connectivity index (χ2v) is 7.84. The lowest BCUT2D eigenvalue weighted by molar-refractivity contribution is -0.115. The average Bonchev–Trinajstić information content (AvgIpc) is 3.23. The first-order chi connectivity index (χ1) is 15.2. The molecule has 5 nitrogen and oxygen atoms in total. The Morgan fingerprint density at radius 2 is 1.52 bits per heavy atom. The molecule has 1 heterocycles. The maximum Gasteiger partial charge on any atom is 0.230 e. The monoisotopic (exact) mass is 430 g/mol. The molecule has 0 aliphatic heterocycles. The molecule has 0 bridgehead atoms. The predicted molar refractivity (Wildman–Crippen MR) is 125 cm³/mol. The van der Waals surface area contributed by atoms with Crippen LogP contribution >= 0.6 is 11.3 Å². The molecule has 0 saturated carbocycles. The molecule has 4 rings (SSSR count). The second kappa shape index (κ2) is 9.45. The van der Waals surface area contributed by atoms with Crippen LogP contribution in [0.15, 0.2) is 78.9 Å². The summed E-state index contributed by atoms with van der Waals surface area (Å²) in [6.07, 6.45) is 0.210. The lowest BCUT2D eigenvalue weighted by Crippen LogP contribution is -2.14. The molecule has 31 heavy (non-hydrogen) atoms. The first-order valence-corrected chi connectivity index (χ1v) is 10.6. The summed E-state index contributed by atoms with van der Waals surface area (Å²) >= 11 is 1.47. The van der Waals surface area contributed by atoms with E-state index < -0.39 is 0 Å². The Balaban J connectivity index is 1.59. The van der Waals surface area contributed by atoms with Crippen LogP contribution < -0.4 is 14.8 Å². The van der Waals surface area contributed by atoms with Gasteiger partial charge in [-0.05, 0) is 23.3 Å². The standard InChI is InChI=1S/C25H22N2O3S/c1-29-20-14-13-17(15-21(20)30-2)16-22(28)26-25-27-23(18-9-5-3-6-10-18)24(31-25)19-11-7-4-8-12-19/h3-15H,16H2,1-2H3,(H,26,27,28). The highest BCUT2D eigenvalue weighted by atomic mass is 32.1. The van der Waals surface area contributed by atoms with E-state index in [0.29, 0.717) is 16.6 Å². The van der Waals surface area contributed by atoms with Crippen LogP contribution in [-0.2, 0) is 11.2 Å². The normalized spacial score (nSPS) is 10.5. The third kappa shape index (κ3) is 4.75. The molecule has 0 aliphatic rings. The number of nitrogens with one attached hydrogen (secondary N) is 1. The smallest absolute Gasteiger partial charge is 0.230 e. The number of nitrogens with zero attached hydrogens (tertiary/aromatic N) is 1. The Labute approximate surface area is 185 Å². The number of ether oxygens (including phenoxy) is 2. The van der Waals surface area contributed by atoms with Crippen molar-refractivity contribution in [3.8, 4) is 33.2 Å². The minimum absolute atomic E-state index is 0.139. The number of aromatic nitrogens is 1. The molecular weight excluding hydrogens is 408 g/mol. The fraction of sp³-hybridized carbons (Fsp3) is 0.120. The second-order valence-electron chi connectivity index (χ2n) is 6.84. The number of rotatable bonds is 7. The zero-order valence-electron chi connectivity index (χ0n) is 17.3. The maximum atomic E-state index is 12.7. The van der Waals surface area contributed by atoms with E-state index in [0.717, 1.165) is 27.3 Å². The number of thiazole rings is 1. The van der Waals surface area contributed by atoms with Gasteiger partial charge in [-0.2, -0.15) is 0 Å². The number of carbonyl (C=O) groups excluding carboxylic acids is 1. The van der Waals surface area contributed by atoms with Gasteiger partial charge in [0.1, 0.15) is 0 Å². The number of benzene rings is 3. The Kier molecular flexibility index (Phi) is 6.29. The number of carbonyl (C=O) groups is 1. The molecular formula is C25H22N2O3S. The van der Waals surface area contributed by atoms with E-state index in [1.807, 2.05) is 60.7 Å². The van der Waals surface area contributed by atoms with Gasteiger partial charge in [0.05, 0.1) is 31.2 Å². The molecule has 3 aromatic carbocycles. The molecule has 0 saturated heterocycles. The van der Waals surface area contributed by atoms with Gasteiger partial charge in [-0.1, -0.05) is 78.1 Å². The van der Waals surface area contributed by atoms with Gasteiger partial charge < -0.3 is 14.8 Å². The minimum Gasteiger partial charge on any atom is -0.493 e. The third-order valence-electron chi connectivity index (χ3n) is 4.77. The fourth-order valence-electron chi connectivity index (χ4n) is 3.29. The van der Waals surface area contributed by atoms with Crippen molar-refractivity contribution in [3.05, 3.63) is 84.4 Å². The molecule has 0 aliphatic carbocycles. The van der Waals surface area contributed by atoms with Crippen LogP contribution in [0.25, 0.3) is 21.7 Å². The zero-order chi connectivity index (χ0) is 21.6. The summed E-state index contributed by atoms with van der Waals surface area (Å²) in [7, 11) is 3.16. The van der Waals surface area contributed by atoms with E-state index in [-0.39, 0.29) is 12.3 Å². The van der Waals surface area contributed by atoms with Crippen LogP contribution in [0.2, 0.25) is 0 Å².